The smallest absolute Gasteiger partial charge is 0.147 e. The average Bonchev–Trinajstić information content (AvgIpc) is 1.84. The molecule has 0 aliphatic rings. The molecule has 4 heteroatoms. The highest BCUT2D eigenvalue weighted by molar-refractivity contribution is 7.90. The van der Waals surface area contributed by atoms with Crippen LogP contribution in [0.25, 0.3) is 0 Å². The second-order valence-corrected chi connectivity index (χ2v) is 5.32. The topological polar surface area (TPSA) is 60.2 Å². The van der Waals surface area contributed by atoms with Gasteiger partial charge in [0.05, 0.1) is 0 Å². The Kier molecular flexibility index (Phi) is 5.17. The number of hydrogen-bond donors (Lipinski definition) is 1. The zero-order valence-electron chi connectivity index (χ0n) is 7.49. The molecule has 0 bridgehead atoms. The summed E-state index contributed by atoms with van der Waals surface area (Å²) in [5.74, 6) is 0.234. The van der Waals surface area contributed by atoms with Crippen LogP contribution >= 0.6 is 0 Å². The highest BCUT2D eigenvalue weighted by Crippen LogP contribution is 2.01. The van der Waals surface area contributed by atoms with Crippen LogP contribution in [0, 0.1) is 0 Å². The van der Waals surface area contributed by atoms with Crippen molar-refractivity contribution in [3.05, 3.63) is 12.7 Å². The number of hydrogen-bond acceptors (Lipinski definition) is 3. The Balaban J connectivity index is 3.50. The van der Waals surface area contributed by atoms with E-state index in [1.807, 2.05) is 0 Å². The van der Waals surface area contributed by atoms with E-state index in [1.165, 1.54) is 6.26 Å². The van der Waals surface area contributed by atoms with Gasteiger partial charge in [0, 0.05) is 18.1 Å². The van der Waals surface area contributed by atoms with Gasteiger partial charge in [-0.15, -0.1) is 6.58 Å². The summed E-state index contributed by atoms with van der Waals surface area (Å²) in [6, 6.07) is 0.0595. The number of nitrogens with two attached hydrogens (primary N) is 1. The van der Waals surface area contributed by atoms with Crippen LogP contribution in [-0.2, 0) is 9.84 Å². The Labute approximate surface area is 74.6 Å². The third kappa shape index (κ3) is 7.75. The first kappa shape index (κ1) is 11.6. The first-order chi connectivity index (χ1) is 5.45. The van der Waals surface area contributed by atoms with Crippen LogP contribution in [0.15, 0.2) is 12.7 Å². The molecule has 0 amide bonds. The molecule has 2 N–H and O–H groups in total. The standard InChI is InChI=1S/C8H17NO2S/c1-3-5-8(9)6-4-7-12(2,10)11/h3,8H,1,4-7,9H2,2H3. The van der Waals surface area contributed by atoms with Gasteiger partial charge in [0.2, 0.25) is 0 Å². The zero-order valence-corrected chi connectivity index (χ0v) is 8.31. The van der Waals surface area contributed by atoms with Gasteiger partial charge in [0.1, 0.15) is 9.84 Å². The quantitative estimate of drug-likeness (QED) is 0.629. The average molecular weight is 191 g/mol. The fourth-order valence-electron chi connectivity index (χ4n) is 0.940. The van der Waals surface area contributed by atoms with Crippen LogP contribution in [0.1, 0.15) is 19.3 Å². The van der Waals surface area contributed by atoms with Crippen molar-refractivity contribution in [1.82, 2.24) is 0 Å². The maximum absolute atomic E-state index is 10.7. The summed E-state index contributed by atoms with van der Waals surface area (Å²) >= 11 is 0. The van der Waals surface area contributed by atoms with Crippen molar-refractivity contribution < 1.29 is 8.42 Å². The molecule has 1 unspecified atom stereocenters. The molecule has 0 aliphatic carbocycles. The van der Waals surface area contributed by atoms with Gasteiger partial charge in [-0.05, 0) is 19.3 Å². The van der Waals surface area contributed by atoms with Gasteiger partial charge in [-0.1, -0.05) is 6.08 Å². The van der Waals surface area contributed by atoms with Crippen molar-refractivity contribution in [2.75, 3.05) is 12.0 Å². The van der Waals surface area contributed by atoms with Crippen LogP contribution in [0.4, 0.5) is 0 Å². The normalized spacial score (nSPS) is 14.2. The molecule has 0 saturated heterocycles. The Morgan fingerprint density at radius 3 is 2.58 bits per heavy atom. The fraction of sp³-hybridized carbons (Fsp3) is 0.750. The first-order valence-corrected chi connectivity index (χ1v) is 6.06. The summed E-state index contributed by atoms with van der Waals surface area (Å²) in [7, 11) is -2.82. The maximum atomic E-state index is 10.7. The lowest BCUT2D eigenvalue weighted by Crippen LogP contribution is -2.19. The van der Waals surface area contributed by atoms with Crippen molar-refractivity contribution in [3.63, 3.8) is 0 Å². The molecule has 0 fully saturated rings. The molecule has 0 rings (SSSR count). The minimum Gasteiger partial charge on any atom is -0.327 e. The van der Waals surface area contributed by atoms with Gasteiger partial charge in [-0.2, -0.15) is 0 Å². The molecule has 3 nitrogen and oxygen atoms in total. The zero-order chi connectivity index (χ0) is 9.61. The van der Waals surface area contributed by atoms with Gasteiger partial charge >= 0.3 is 0 Å². The highest BCUT2D eigenvalue weighted by Gasteiger charge is 2.04. The minimum atomic E-state index is -2.82. The van der Waals surface area contributed by atoms with Gasteiger partial charge in [0.25, 0.3) is 0 Å². The molecular formula is C8H17NO2S. The largest absolute Gasteiger partial charge is 0.327 e. The van der Waals surface area contributed by atoms with E-state index in [9.17, 15) is 8.42 Å². The van der Waals surface area contributed by atoms with Crippen LogP contribution < -0.4 is 5.73 Å². The molecule has 0 saturated carbocycles. The van der Waals surface area contributed by atoms with E-state index in [4.69, 9.17) is 5.73 Å². The van der Waals surface area contributed by atoms with E-state index in [0.29, 0.717) is 6.42 Å². The molecule has 12 heavy (non-hydrogen) atoms. The first-order valence-electron chi connectivity index (χ1n) is 4.00. The molecule has 0 spiro atoms. The van der Waals surface area contributed by atoms with E-state index >= 15 is 0 Å². The van der Waals surface area contributed by atoms with Gasteiger partial charge in [-0.25, -0.2) is 8.42 Å². The van der Waals surface area contributed by atoms with Crippen LogP contribution in [0.5, 0.6) is 0 Å². The molecule has 0 aromatic heterocycles. The maximum Gasteiger partial charge on any atom is 0.147 e. The predicted molar refractivity (Wildman–Crippen MR) is 51.7 cm³/mol. The van der Waals surface area contributed by atoms with Gasteiger partial charge in [-0.3, -0.25) is 0 Å². The van der Waals surface area contributed by atoms with Crippen molar-refractivity contribution in [3.8, 4) is 0 Å². The molecule has 0 radical (unpaired) electrons. The molecule has 0 heterocycles. The van der Waals surface area contributed by atoms with E-state index in [0.717, 1.165) is 12.8 Å². The summed E-state index contributed by atoms with van der Waals surface area (Å²) in [4.78, 5) is 0. The Morgan fingerprint density at radius 1 is 1.58 bits per heavy atom. The lowest BCUT2D eigenvalue weighted by Gasteiger charge is -2.06. The van der Waals surface area contributed by atoms with Gasteiger partial charge < -0.3 is 5.73 Å². The summed E-state index contributed by atoms with van der Waals surface area (Å²) < 4.78 is 21.4. The van der Waals surface area contributed by atoms with Gasteiger partial charge in [0.15, 0.2) is 0 Å². The lowest BCUT2D eigenvalue weighted by atomic mass is 10.1. The van der Waals surface area contributed by atoms with E-state index in [2.05, 4.69) is 6.58 Å². The van der Waals surface area contributed by atoms with E-state index < -0.39 is 9.84 Å². The third-order valence-electron chi connectivity index (χ3n) is 1.56. The summed E-state index contributed by atoms with van der Waals surface area (Å²) in [6.07, 6.45) is 5.15. The monoisotopic (exact) mass is 191 g/mol. The van der Waals surface area contributed by atoms with E-state index in [1.54, 1.807) is 6.08 Å². The molecular weight excluding hydrogens is 174 g/mol. The number of rotatable bonds is 6. The van der Waals surface area contributed by atoms with E-state index in [-0.39, 0.29) is 11.8 Å². The Bertz CT molecular complexity index is 221. The summed E-state index contributed by atoms with van der Waals surface area (Å²) in [5.41, 5.74) is 5.65. The Morgan fingerprint density at radius 2 is 2.17 bits per heavy atom. The predicted octanol–water partition coefficient (Wildman–Crippen LogP) is 0.715. The van der Waals surface area contributed by atoms with Crippen molar-refractivity contribution in [1.29, 1.82) is 0 Å². The van der Waals surface area contributed by atoms with Crippen molar-refractivity contribution >= 4 is 9.84 Å². The second kappa shape index (κ2) is 5.32. The fourth-order valence-corrected chi connectivity index (χ4v) is 1.63. The third-order valence-corrected chi connectivity index (χ3v) is 2.59. The minimum absolute atomic E-state index is 0.0595. The van der Waals surface area contributed by atoms with Crippen molar-refractivity contribution in [2.24, 2.45) is 5.73 Å². The molecule has 1 atom stereocenters. The van der Waals surface area contributed by atoms with Crippen LogP contribution in [0.3, 0.4) is 0 Å². The molecule has 0 aromatic rings. The lowest BCUT2D eigenvalue weighted by molar-refractivity contribution is 0.581. The molecule has 0 aromatic carbocycles. The SMILES string of the molecule is C=CCC(N)CCCS(C)(=O)=O. The number of sulfone groups is 1. The highest BCUT2D eigenvalue weighted by atomic mass is 32.2. The van der Waals surface area contributed by atoms with Crippen LogP contribution in [0.2, 0.25) is 0 Å². The Hall–Kier alpha value is -0.350. The van der Waals surface area contributed by atoms with Crippen LogP contribution in [-0.4, -0.2) is 26.5 Å². The second-order valence-electron chi connectivity index (χ2n) is 3.06. The summed E-state index contributed by atoms with van der Waals surface area (Å²) in [5, 5.41) is 0. The molecule has 72 valence electrons. The summed E-state index contributed by atoms with van der Waals surface area (Å²) in [6.45, 7) is 3.56. The molecule has 0 aliphatic heterocycles. The van der Waals surface area contributed by atoms with Crippen molar-refractivity contribution in [2.45, 2.75) is 25.3 Å².